The summed E-state index contributed by atoms with van der Waals surface area (Å²) in [4.78, 5) is 0. The quantitative estimate of drug-likeness (QED) is 0.619. The Balaban J connectivity index is 2.19. The largest absolute Gasteiger partial charge is 0.322 e. The van der Waals surface area contributed by atoms with Crippen molar-refractivity contribution in [3.8, 4) is 11.1 Å². The lowest BCUT2D eigenvalue weighted by atomic mass is 10.1. The Labute approximate surface area is 102 Å². The zero-order chi connectivity index (χ0) is 11.0. The van der Waals surface area contributed by atoms with Gasteiger partial charge in [-0.25, -0.2) is 0 Å². The third kappa shape index (κ3) is 1.65. The summed E-state index contributed by atoms with van der Waals surface area (Å²) in [6, 6.07) is 16.8. The Morgan fingerprint density at radius 2 is 1.62 bits per heavy atom. The van der Waals surface area contributed by atoms with E-state index in [0.29, 0.717) is 0 Å². The molecule has 0 spiro atoms. The predicted octanol–water partition coefficient (Wildman–Crippen LogP) is 4.37. The first kappa shape index (κ1) is 9.67. The van der Waals surface area contributed by atoms with Crippen LogP contribution in [0.15, 0.2) is 65.4 Å². The fraction of sp³-hybridized carbons (Fsp3) is 0. The summed E-state index contributed by atoms with van der Waals surface area (Å²) >= 11 is 3.48. The summed E-state index contributed by atoms with van der Waals surface area (Å²) < 4.78 is 3.22. The van der Waals surface area contributed by atoms with Crippen LogP contribution >= 0.6 is 15.9 Å². The second-order valence-corrected chi connectivity index (χ2v) is 4.69. The SMILES string of the molecule is Brc1ccc2cc(-c3ccccc3)cn2c1. The van der Waals surface area contributed by atoms with E-state index in [4.69, 9.17) is 0 Å². The van der Waals surface area contributed by atoms with E-state index < -0.39 is 0 Å². The number of hydrogen-bond acceptors (Lipinski definition) is 0. The van der Waals surface area contributed by atoms with E-state index in [1.807, 2.05) is 6.07 Å². The molecule has 0 bridgehead atoms. The Hall–Kier alpha value is -1.54. The maximum atomic E-state index is 3.48. The molecule has 0 radical (unpaired) electrons. The topological polar surface area (TPSA) is 4.41 Å². The lowest BCUT2D eigenvalue weighted by Crippen LogP contribution is -1.79. The highest BCUT2D eigenvalue weighted by Gasteiger charge is 2.01. The number of benzene rings is 1. The van der Waals surface area contributed by atoms with Crippen molar-refractivity contribution in [3.63, 3.8) is 0 Å². The minimum atomic E-state index is 1.09. The molecule has 16 heavy (non-hydrogen) atoms. The Kier molecular flexibility index (Phi) is 2.29. The molecule has 3 aromatic rings. The van der Waals surface area contributed by atoms with Gasteiger partial charge in [-0.05, 0) is 39.7 Å². The molecule has 2 heterocycles. The van der Waals surface area contributed by atoms with Crippen LogP contribution in [0.25, 0.3) is 16.6 Å². The van der Waals surface area contributed by atoms with Crippen LogP contribution in [-0.4, -0.2) is 4.40 Å². The average Bonchev–Trinajstić information content (AvgIpc) is 2.73. The minimum Gasteiger partial charge on any atom is -0.322 e. The Bertz CT molecular complexity index is 626. The zero-order valence-electron chi connectivity index (χ0n) is 8.60. The van der Waals surface area contributed by atoms with Crippen molar-refractivity contribution in [2.45, 2.75) is 0 Å². The normalized spacial score (nSPS) is 10.8. The van der Waals surface area contributed by atoms with E-state index in [1.165, 1.54) is 16.6 Å². The second-order valence-electron chi connectivity index (χ2n) is 3.77. The van der Waals surface area contributed by atoms with Crippen LogP contribution in [0.2, 0.25) is 0 Å². The van der Waals surface area contributed by atoms with Crippen LogP contribution in [-0.2, 0) is 0 Å². The third-order valence-corrected chi connectivity index (χ3v) is 3.13. The van der Waals surface area contributed by atoms with Crippen molar-refractivity contribution in [1.82, 2.24) is 4.40 Å². The minimum absolute atomic E-state index is 1.09. The first-order valence-electron chi connectivity index (χ1n) is 5.16. The van der Waals surface area contributed by atoms with Gasteiger partial charge in [0.05, 0.1) is 0 Å². The van der Waals surface area contributed by atoms with Crippen molar-refractivity contribution < 1.29 is 0 Å². The molecule has 0 atom stereocenters. The molecule has 1 nitrogen and oxygen atoms in total. The molecule has 78 valence electrons. The number of fused-ring (bicyclic) bond motifs is 1. The third-order valence-electron chi connectivity index (χ3n) is 2.66. The van der Waals surface area contributed by atoms with Gasteiger partial charge in [0.15, 0.2) is 0 Å². The molecule has 3 rings (SSSR count). The lowest BCUT2D eigenvalue weighted by molar-refractivity contribution is 1.19. The van der Waals surface area contributed by atoms with Crippen molar-refractivity contribution in [1.29, 1.82) is 0 Å². The maximum absolute atomic E-state index is 3.48. The first-order valence-corrected chi connectivity index (χ1v) is 5.95. The van der Waals surface area contributed by atoms with E-state index in [9.17, 15) is 0 Å². The van der Waals surface area contributed by atoms with Crippen LogP contribution in [0.4, 0.5) is 0 Å². The predicted molar refractivity (Wildman–Crippen MR) is 70.5 cm³/mol. The van der Waals surface area contributed by atoms with Crippen molar-refractivity contribution in [2.24, 2.45) is 0 Å². The summed E-state index contributed by atoms with van der Waals surface area (Å²) in [7, 11) is 0. The van der Waals surface area contributed by atoms with Gasteiger partial charge < -0.3 is 4.40 Å². The van der Waals surface area contributed by atoms with E-state index in [-0.39, 0.29) is 0 Å². The van der Waals surface area contributed by atoms with Crippen molar-refractivity contribution in [3.05, 3.63) is 65.4 Å². The van der Waals surface area contributed by atoms with Crippen LogP contribution in [0.3, 0.4) is 0 Å². The van der Waals surface area contributed by atoms with E-state index in [1.54, 1.807) is 0 Å². The number of aromatic nitrogens is 1. The standard InChI is InChI=1S/C14H10BrN/c15-13-6-7-14-8-12(9-16(14)10-13)11-4-2-1-3-5-11/h1-10H. The van der Waals surface area contributed by atoms with E-state index in [2.05, 4.69) is 75.2 Å². The second kappa shape index (κ2) is 3.80. The summed E-state index contributed by atoms with van der Waals surface area (Å²) in [5, 5.41) is 0. The molecule has 2 aromatic heterocycles. The number of nitrogens with zero attached hydrogens (tertiary/aromatic N) is 1. The number of rotatable bonds is 1. The molecule has 2 heteroatoms. The van der Waals surface area contributed by atoms with E-state index >= 15 is 0 Å². The molecule has 0 aliphatic heterocycles. The highest BCUT2D eigenvalue weighted by molar-refractivity contribution is 9.10. The zero-order valence-corrected chi connectivity index (χ0v) is 10.2. The summed E-state index contributed by atoms with van der Waals surface area (Å²) in [6.45, 7) is 0. The van der Waals surface area contributed by atoms with E-state index in [0.717, 1.165) is 4.47 Å². The highest BCUT2D eigenvalue weighted by Crippen LogP contribution is 2.23. The molecule has 1 aromatic carbocycles. The van der Waals surface area contributed by atoms with Gasteiger partial charge in [0.2, 0.25) is 0 Å². The number of halogens is 1. The molecule has 0 aliphatic rings. The van der Waals surface area contributed by atoms with Gasteiger partial charge >= 0.3 is 0 Å². The Morgan fingerprint density at radius 3 is 2.44 bits per heavy atom. The molecule has 0 fully saturated rings. The van der Waals surface area contributed by atoms with Crippen molar-refractivity contribution >= 4 is 21.4 Å². The molecule has 0 amide bonds. The van der Waals surface area contributed by atoms with Crippen LogP contribution < -0.4 is 0 Å². The van der Waals surface area contributed by atoms with Crippen molar-refractivity contribution in [2.75, 3.05) is 0 Å². The molecule has 0 N–H and O–H groups in total. The first-order chi connectivity index (χ1) is 7.83. The van der Waals surface area contributed by atoms with Gasteiger partial charge in [-0.3, -0.25) is 0 Å². The summed E-state index contributed by atoms with van der Waals surface area (Å²) in [6.07, 6.45) is 4.22. The number of hydrogen-bond donors (Lipinski definition) is 0. The molecular formula is C14H10BrN. The highest BCUT2D eigenvalue weighted by atomic mass is 79.9. The summed E-state index contributed by atoms with van der Waals surface area (Å²) in [5.41, 5.74) is 3.71. The fourth-order valence-corrected chi connectivity index (χ4v) is 2.22. The lowest BCUT2D eigenvalue weighted by Gasteiger charge is -1.94. The van der Waals surface area contributed by atoms with Gasteiger partial charge in [-0.2, -0.15) is 0 Å². The maximum Gasteiger partial charge on any atom is 0.0457 e. The average molecular weight is 272 g/mol. The number of pyridine rings is 1. The van der Waals surface area contributed by atoms with Crippen LogP contribution in [0.5, 0.6) is 0 Å². The molecular weight excluding hydrogens is 262 g/mol. The van der Waals surface area contributed by atoms with Crippen LogP contribution in [0, 0.1) is 0 Å². The molecule has 0 saturated carbocycles. The van der Waals surface area contributed by atoms with Gasteiger partial charge in [-0.1, -0.05) is 30.3 Å². The van der Waals surface area contributed by atoms with Gasteiger partial charge in [0.25, 0.3) is 0 Å². The molecule has 0 saturated heterocycles. The molecule has 0 aliphatic carbocycles. The van der Waals surface area contributed by atoms with Gasteiger partial charge in [0.1, 0.15) is 0 Å². The van der Waals surface area contributed by atoms with Gasteiger partial charge in [0, 0.05) is 27.9 Å². The van der Waals surface area contributed by atoms with Crippen LogP contribution in [0.1, 0.15) is 0 Å². The Morgan fingerprint density at radius 1 is 0.812 bits per heavy atom. The summed E-state index contributed by atoms with van der Waals surface area (Å²) in [5.74, 6) is 0. The van der Waals surface area contributed by atoms with Gasteiger partial charge in [-0.15, -0.1) is 0 Å². The monoisotopic (exact) mass is 271 g/mol. The smallest absolute Gasteiger partial charge is 0.0457 e. The molecule has 0 unspecified atom stereocenters. The fourth-order valence-electron chi connectivity index (χ4n) is 1.87.